The van der Waals surface area contributed by atoms with Crippen LogP contribution < -0.4 is 14.6 Å². The van der Waals surface area contributed by atoms with Gasteiger partial charge >= 0.3 is 0 Å². The molecular weight excluding hydrogens is 310 g/mol. The van der Waals surface area contributed by atoms with Crippen LogP contribution in [-0.4, -0.2) is 37.5 Å². The highest BCUT2D eigenvalue weighted by molar-refractivity contribution is 5.62. The molecule has 0 N–H and O–H groups in total. The van der Waals surface area contributed by atoms with E-state index in [-0.39, 0.29) is 24.9 Å². The van der Waals surface area contributed by atoms with E-state index in [9.17, 15) is 9.90 Å². The molecule has 0 aromatic heterocycles. The number of carboxylic acid groups (broad SMARTS) is 1. The Balaban J connectivity index is 1.77. The summed E-state index contributed by atoms with van der Waals surface area (Å²) in [5.74, 6) is 1.50. The number of hydrogen-bond acceptors (Lipinski definition) is 5. The van der Waals surface area contributed by atoms with Crippen LogP contribution in [0.1, 0.15) is 30.4 Å². The Kier molecular flexibility index (Phi) is 3.64. The van der Waals surface area contributed by atoms with Gasteiger partial charge in [-0.1, -0.05) is 12.2 Å². The largest absolute Gasteiger partial charge is 0.530 e. The van der Waals surface area contributed by atoms with Crippen LogP contribution in [-0.2, 0) is 16.8 Å². The fourth-order valence-corrected chi connectivity index (χ4v) is 3.97. The summed E-state index contributed by atoms with van der Waals surface area (Å²) in [5.41, 5.74) is 1.90. The first-order valence-electron chi connectivity index (χ1n) is 8.24. The molecule has 3 aliphatic rings. The van der Waals surface area contributed by atoms with Crippen LogP contribution in [0.3, 0.4) is 0 Å². The minimum Gasteiger partial charge on any atom is -0.530 e. The van der Waals surface area contributed by atoms with Gasteiger partial charge in [0.05, 0.1) is 12.7 Å². The van der Waals surface area contributed by atoms with Gasteiger partial charge in [0, 0.05) is 19.0 Å². The Bertz CT molecular complexity index is 701. The lowest BCUT2D eigenvalue weighted by atomic mass is 9.66. The average Bonchev–Trinajstić information content (AvgIpc) is 3.04. The zero-order valence-electron chi connectivity index (χ0n) is 13.6. The van der Waals surface area contributed by atoms with Gasteiger partial charge in [-0.15, -0.1) is 0 Å². The van der Waals surface area contributed by atoms with Crippen molar-refractivity contribution in [3.05, 3.63) is 35.4 Å². The summed E-state index contributed by atoms with van der Waals surface area (Å²) in [5, 5.41) is 11.1. The first kappa shape index (κ1) is 15.3. The van der Waals surface area contributed by atoms with E-state index < -0.39 is 6.09 Å². The molecule has 128 valence electrons. The van der Waals surface area contributed by atoms with Gasteiger partial charge in [0.1, 0.15) is 6.09 Å². The number of rotatable bonds is 2. The molecule has 0 unspecified atom stereocenters. The molecule has 4 rings (SSSR count). The summed E-state index contributed by atoms with van der Waals surface area (Å²) in [6, 6.07) is 4.03. The fraction of sp³-hybridized carbons (Fsp3) is 0.500. The number of carbonyl (C=O) groups excluding carboxylic acids is 1. The minimum atomic E-state index is -1.19. The number of likely N-dealkylation sites (N-methyl/N-ethyl adjacent to an activating group) is 1. The number of ether oxygens (including phenoxy) is 3. The van der Waals surface area contributed by atoms with E-state index in [1.807, 2.05) is 12.1 Å². The van der Waals surface area contributed by atoms with Crippen LogP contribution in [0.4, 0.5) is 4.79 Å². The normalized spacial score (nSPS) is 27.1. The second-order valence-corrected chi connectivity index (χ2v) is 6.64. The Hall–Kier alpha value is -2.21. The van der Waals surface area contributed by atoms with E-state index in [1.54, 1.807) is 0 Å². The van der Waals surface area contributed by atoms with Crippen molar-refractivity contribution in [2.24, 2.45) is 0 Å². The Morgan fingerprint density at radius 1 is 1.38 bits per heavy atom. The van der Waals surface area contributed by atoms with Gasteiger partial charge in [0.25, 0.3) is 0 Å². The van der Waals surface area contributed by atoms with Gasteiger partial charge in [-0.2, -0.15) is 0 Å². The molecule has 1 spiro atoms. The molecule has 0 saturated carbocycles. The van der Waals surface area contributed by atoms with Crippen LogP contribution in [0.15, 0.2) is 24.3 Å². The van der Waals surface area contributed by atoms with Gasteiger partial charge in [-0.05, 0) is 42.5 Å². The molecule has 0 saturated heterocycles. The lowest BCUT2D eigenvalue weighted by molar-refractivity contribution is -0.265. The molecule has 0 fully saturated rings. The maximum atomic E-state index is 11.1. The number of fused-ring (bicyclic) bond motifs is 3. The third kappa shape index (κ3) is 2.33. The maximum Gasteiger partial charge on any atom is 0.231 e. The molecule has 6 heteroatoms. The van der Waals surface area contributed by atoms with Crippen molar-refractivity contribution in [2.45, 2.75) is 37.4 Å². The molecule has 2 heterocycles. The second-order valence-electron chi connectivity index (χ2n) is 6.64. The van der Waals surface area contributed by atoms with Crippen LogP contribution in [0.5, 0.6) is 11.5 Å². The van der Waals surface area contributed by atoms with Crippen molar-refractivity contribution in [1.29, 1.82) is 0 Å². The van der Waals surface area contributed by atoms with Crippen LogP contribution in [0.2, 0.25) is 0 Å². The number of allylic oxidation sites excluding steroid dienone is 1. The number of nitrogens with zero attached hydrogens (tertiary/aromatic N) is 1. The molecule has 1 aromatic carbocycles. The number of carbonyl (C=O) groups is 1. The summed E-state index contributed by atoms with van der Waals surface area (Å²) in [7, 11) is 1.52. The molecule has 1 amide bonds. The van der Waals surface area contributed by atoms with Gasteiger partial charge in [0.15, 0.2) is 11.5 Å². The Labute approximate surface area is 140 Å². The highest BCUT2D eigenvalue weighted by Gasteiger charge is 2.45. The molecule has 24 heavy (non-hydrogen) atoms. The van der Waals surface area contributed by atoms with Gasteiger partial charge in [-0.25, -0.2) is 0 Å². The first-order chi connectivity index (χ1) is 11.6. The zero-order valence-corrected chi connectivity index (χ0v) is 13.6. The molecule has 6 nitrogen and oxygen atoms in total. The molecule has 1 aliphatic carbocycles. The van der Waals surface area contributed by atoms with Crippen molar-refractivity contribution in [3.8, 4) is 11.5 Å². The lowest BCUT2D eigenvalue weighted by Gasteiger charge is -2.46. The van der Waals surface area contributed by atoms with Crippen LogP contribution >= 0.6 is 0 Å². The molecule has 0 bridgehead atoms. The van der Waals surface area contributed by atoms with Crippen molar-refractivity contribution in [1.82, 2.24) is 4.90 Å². The van der Waals surface area contributed by atoms with Gasteiger partial charge in [0.2, 0.25) is 6.79 Å². The van der Waals surface area contributed by atoms with E-state index >= 15 is 0 Å². The highest BCUT2D eigenvalue weighted by Crippen LogP contribution is 2.48. The maximum absolute atomic E-state index is 11.1. The smallest absolute Gasteiger partial charge is 0.231 e. The predicted molar refractivity (Wildman–Crippen MR) is 83.8 cm³/mol. The Morgan fingerprint density at radius 3 is 2.88 bits per heavy atom. The molecule has 1 aromatic rings. The minimum absolute atomic E-state index is 0.235. The van der Waals surface area contributed by atoms with Crippen molar-refractivity contribution in [2.75, 3.05) is 20.4 Å². The SMILES string of the molecule is CN(C[C@@H]1OCc2cc3c(cc2[C@]12C=CCCC2)OCO3)C(=O)[O-]. The van der Waals surface area contributed by atoms with Gasteiger partial charge < -0.3 is 29.0 Å². The molecular formula is C18H20NO5-. The molecule has 0 radical (unpaired) electrons. The number of hydrogen-bond donors (Lipinski definition) is 0. The number of amides is 1. The third-order valence-corrected chi connectivity index (χ3v) is 5.24. The van der Waals surface area contributed by atoms with E-state index in [2.05, 4.69) is 12.2 Å². The average molecular weight is 330 g/mol. The van der Waals surface area contributed by atoms with Crippen molar-refractivity contribution in [3.63, 3.8) is 0 Å². The van der Waals surface area contributed by atoms with Crippen molar-refractivity contribution >= 4 is 6.09 Å². The second kappa shape index (κ2) is 5.70. The zero-order chi connectivity index (χ0) is 16.7. The Morgan fingerprint density at radius 2 is 2.17 bits per heavy atom. The first-order valence-corrected chi connectivity index (χ1v) is 8.24. The fourth-order valence-electron chi connectivity index (χ4n) is 3.97. The quantitative estimate of drug-likeness (QED) is 0.770. The summed E-state index contributed by atoms with van der Waals surface area (Å²) >= 11 is 0. The lowest BCUT2D eigenvalue weighted by Crippen LogP contribution is -2.52. The van der Waals surface area contributed by atoms with Crippen LogP contribution in [0, 0.1) is 0 Å². The van der Waals surface area contributed by atoms with E-state index in [1.165, 1.54) is 11.9 Å². The predicted octanol–water partition coefficient (Wildman–Crippen LogP) is 1.57. The van der Waals surface area contributed by atoms with Crippen molar-refractivity contribution < 1.29 is 24.1 Å². The van der Waals surface area contributed by atoms with Crippen LogP contribution in [0.25, 0.3) is 0 Å². The summed E-state index contributed by atoms with van der Waals surface area (Å²) in [6.45, 7) is 0.951. The molecule has 2 aliphatic heterocycles. The monoisotopic (exact) mass is 330 g/mol. The van der Waals surface area contributed by atoms with E-state index in [0.29, 0.717) is 6.61 Å². The van der Waals surface area contributed by atoms with Gasteiger partial charge in [-0.3, -0.25) is 0 Å². The van der Waals surface area contributed by atoms with E-state index in [4.69, 9.17) is 14.2 Å². The standard InChI is InChI=1S/C18H21NO5/c1-19(17(20)21)9-16-18(5-3-2-4-6-18)13-8-15-14(23-11-24-15)7-12(13)10-22-16/h3,5,7-8,16H,2,4,6,9-11H2,1H3,(H,20,21)/p-1/t16-,18+/m0/s1. The highest BCUT2D eigenvalue weighted by atomic mass is 16.7. The molecule has 2 atom stereocenters. The number of benzene rings is 1. The summed E-state index contributed by atoms with van der Waals surface area (Å²) in [6.07, 6.45) is 5.91. The topological polar surface area (TPSA) is 71.1 Å². The summed E-state index contributed by atoms with van der Waals surface area (Å²) in [4.78, 5) is 12.3. The van der Waals surface area contributed by atoms with E-state index in [0.717, 1.165) is 41.9 Å². The summed E-state index contributed by atoms with van der Waals surface area (Å²) < 4.78 is 17.1. The third-order valence-electron chi connectivity index (χ3n) is 5.24.